The lowest BCUT2D eigenvalue weighted by Crippen LogP contribution is -2.39. The summed E-state index contributed by atoms with van der Waals surface area (Å²) in [5.74, 6) is 1.90. The van der Waals surface area contributed by atoms with Crippen molar-refractivity contribution in [1.29, 1.82) is 0 Å². The molecule has 0 spiro atoms. The van der Waals surface area contributed by atoms with Crippen LogP contribution in [0.4, 0.5) is 0 Å². The van der Waals surface area contributed by atoms with Crippen molar-refractivity contribution < 1.29 is 14.3 Å². The summed E-state index contributed by atoms with van der Waals surface area (Å²) < 4.78 is 11.6. The molecule has 1 aromatic heterocycles. The summed E-state index contributed by atoms with van der Waals surface area (Å²) in [5, 5.41) is 0.542. The number of pyridine rings is 1. The van der Waals surface area contributed by atoms with Gasteiger partial charge < -0.3 is 14.4 Å². The van der Waals surface area contributed by atoms with E-state index in [0.29, 0.717) is 48.7 Å². The third kappa shape index (κ3) is 5.73. The van der Waals surface area contributed by atoms with Gasteiger partial charge in [0.2, 0.25) is 5.91 Å². The molecule has 2 aliphatic heterocycles. The molecular formula is C25H32ClN3O3. The first-order valence-electron chi connectivity index (χ1n) is 11.5. The first kappa shape index (κ1) is 22.9. The maximum Gasteiger partial charge on any atom is 0.227 e. The molecule has 1 fully saturated rings. The monoisotopic (exact) mass is 457 g/mol. The van der Waals surface area contributed by atoms with Crippen LogP contribution >= 0.6 is 11.6 Å². The van der Waals surface area contributed by atoms with Crippen LogP contribution in [0.5, 0.6) is 11.5 Å². The Bertz CT molecular complexity index is 922. The van der Waals surface area contributed by atoms with Gasteiger partial charge >= 0.3 is 0 Å². The van der Waals surface area contributed by atoms with Crippen LogP contribution in [0, 0.1) is 11.8 Å². The fraction of sp³-hybridized carbons (Fsp3) is 0.520. The number of fused-ring (bicyclic) bond motifs is 1. The van der Waals surface area contributed by atoms with E-state index in [1.165, 1.54) is 5.56 Å². The van der Waals surface area contributed by atoms with Crippen molar-refractivity contribution in [2.75, 3.05) is 32.8 Å². The number of carbonyl (C=O) groups excluding carboxylic acids is 1. The van der Waals surface area contributed by atoms with E-state index in [4.69, 9.17) is 21.1 Å². The van der Waals surface area contributed by atoms with Crippen molar-refractivity contribution in [1.82, 2.24) is 14.8 Å². The highest BCUT2D eigenvalue weighted by molar-refractivity contribution is 6.32. The van der Waals surface area contributed by atoms with Crippen LogP contribution in [0.25, 0.3) is 0 Å². The van der Waals surface area contributed by atoms with E-state index >= 15 is 0 Å². The maximum atomic E-state index is 13.5. The van der Waals surface area contributed by atoms with Crippen LogP contribution in [0.15, 0.2) is 36.7 Å². The molecular weight excluding hydrogens is 426 g/mol. The molecule has 32 heavy (non-hydrogen) atoms. The zero-order chi connectivity index (χ0) is 22.5. The lowest BCUT2D eigenvalue weighted by Gasteiger charge is -2.28. The fourth-order valence-corrected chi connectivity index (χ4v) is 4.74. The fourth-order valence-electron chi connectivity index (χ4n) is 4.45. The van der Waals surface area contributed by atoms with Crippen molar-refractivity contribution in [3.63, 3.8) is 0 Å². The second-order valence-corrected chi connectivity index (χ2v) is 9.55. The van der Waals surface area contributed by atoms with Gasteiger partial charge in [0.25, 0.3) is 0 Å². The topological polar surface area (TPSA) is 54.9 Å². The molecule has 0 radical (unpaired) electrons. The minimum absolute atomic E-state index is 0.0199. The lowest BCUT2D eigenvalue weighted by molar-refractivity contribution is -0.136. The largest absolute Gasteiger partial charge is 0.489 e. The van der Waals surface area contributed by atoms with Gasteiger partial charge in [0, 0.05) is 45.0 Å². The summed E-state index contributed by atoms with van der Waals surface area (Å²) in [5.41, 5.74) is 2.20. The quantitative estimate of drug-likeness (QED) is 0.616. The minimum atomic E-state index is 0.0199. The highest BCUT2D eigenvalue weighted by atomic mass is 35.5. The van der Waals surface area contributed by atoms with Gasteiger partial charge in [0.1, 0.15) is 0 Å². The van der Waals surface area contributed by atoms with Crippen LogP contribution in [0.3, 0.4) is 0 Å². The number of halogens is 1. The van der Waals surface area contributed by atoms with E-state index in [1.807, 2.05) is 41.6 Å². The number of aromatic nitrogens is 1. The maximum absolute atomic E-state index is 13.5. The van der Waals surface area contributed by atoms with Gasteiger partial charge in [-0.3, -0.25) is 14.7 Å². The molecule has 0 N–H and O–H groups in total. The van der Waals surface area contributed by atoms with Crippen LogP contribution in [-0.4, -0.2) is 53.5 Å². The summed E-state index contributed by atoms with van der Waals surface area (Å²) in [6.07, 6.45) is 5.36. The number of hydrogen-bond donors (Lipinski definition) is 0. The van der Waals surface area contributed by atoms with Crippen molar-refractivity contribution in [3.8, 4) is 11.5 Å². The Morgan fingerprint density at radius 3 is 2.78 bits per heavy atom. The predicted molar refractivity (Wildman–Crippen MR) is 125 cm³/mol. The average molecular weight is 458 g/mol. The van der Waals surface area contributed by atoms with Crippen LogP contribution in [-0.2, 0) is 17.9 Å². The van der Waals surface area contributed by atoms with Gasteiger partial charge in [-0.1, -0.05) is 25.4 Å². The summed E-state index contributed by atoms with van der Waals surface area (Å²) >= 11 is 6.49. The van der Waals surface area contributed by atoms with E-state index in [9.17, 15) is 4.79 Å². The van der Waals surface area contributed by atoms with Crippen LogP contribution in [0.2, 0.25) is 5.02 Å². The SMILES string of the molecule is CC(C)CN(Cc1cc(Cl)c2c(c1)OCCCO2)C(=O)[C@@H]1CCN(Cc2ccncc2)C1. The molecule has 0 unspecified atom stereocenters. The zero-order valence-electron chi connectivity index (χ0n) is 18.9. The standard InChI is InChI=1S/C25H32ClN3O3/c1-18(2)14-29(16-20-12-22(26)24-23(13-20)31-10-3-11-32-24)25(30)21-6-9-28(17-21)15-19-4-7-27-8-5-19/h4-5,7-8,12-13,18,21H,3,6,9-11,14-17H2,1-2H3/t21-/m1/s1. The minimum Gasteiger partial charge on any atom is -0.489 e. The smallest absolute Gasteiger partial charge is 0.227 e. The van der Waals surface area contributed by atoms with E-state index < -0.39 is 0 Å². The average Bonchev–Trinajstić information content (AvgIpc) is 3.09. The molecule has 7 heteroatoms. The molecule has 4 rings (SSSR count). The summed E-state index contributed by atoms with van der Waals surface area (Å²) in [4.78, 5) is 21.9. The van der Waals surface area contributed by atoms with Crippen molar-refractivity contribution >= 4 is 17.5 Å². The van der Waals surface area contributed by atoms with Gasteiger partial charge in [0.15, 0.2) is 11.5 Å². The number of nitrogens with zero attached hydrogens (tertiary/aromatic N) is 3. The molecule has 1 aromatic carbocycles. The van der Waals surface area contributed by atoms with E-state index in [1.54, 1.807) is 0 Å². The first-order valence-corrected chi connectivity index (χ1v) is 11.9. The van der Waals surface area contributed by atoms with Crippen molar-refractivity contribution in [2.45, 2.75) is 39.8 Å². The van der Waals surface area contributed by atoms with Crippen molar-refractivity contribution in [2.24, 2.45) is 11.8 Å². The highest BCUT2D eigenvalue weighted by Gasteiger charge is 2.32. The Hall–Kier alpha value is -2.31. The molecule has 0 bridgehead atoms. The number of amides is 1. The summed E-state index contributed by atoms with van der Waals surface area (Å²) in [6, 6.07) is 7.94. The predicted octanol–water partition coefficient (Wildman–Crippen LogP) is 4.40. The number of ether oxygens (including phenoxy) is 2. The van der Waals surface area contributed by atoms with Gasteiger partial charge in [-0.15, -0.1) is 0 Å². The van der Waals surface area contributed by atoms with Crippen LogP contribution < -0.4 is 9.47 Å². The third-order valence-corrected chi connectivity index (χ3v) is 6.19. The zero-order valence-corrected chi connectivity index (χ0v) is 19.7. The summed E-state index contributed by atoms with van der Waals surface area (Å²) in [6.45, 7) is 9.31. The third-order valence-electron chi connectivity index (χ3n) is 5.91. The Labute approximate surface area is 195 Å². The normalized spacial score (nSPS) is 18.6. The number of rotatable bonds is 7. The number of hydrogen-bond acceptors (Lipinski definition) is 5. The number of carbonyl (C=O) groups is 1. The van der Waals surface area contributed by atoms with E-state index in [-0.39, 0.29) is 11.8 Å². The molecule has 3 heterocycles. The van der Waals surface area contributed by atoms with Gasteiger partial charge in [0.05, 0.1) is 24.2 Å². The number of benzene rings is 1. The van der Waals surface area contributed by atoms with Gasteiger partial charge in [-0.05, 0) is 54.3 Å². The van der Waals surface area contributed by atoms with Crippen LogP contribution in [0.1, 0.15) is 37.8 Å². The van der Waals surface area contributed by atoms with E-state index in [0.717, 1.165) is 38.0 Å². The molecule has 0 saturated carbocycles. The Morgan fingerprint density at radius 1 is 1.22 bits per heavy atom. The lowest BCUT2D eigenvalue weighted by atomic mass is 10.0. The highest BCUT2D eigenvalue weighted by Crippen LogP contribution is 2.38. The molecule has 1 amide bonds. The Balaban J connectivity index is 1.45. The van der Waals surface area contributed by atoms with Gasteiger partial charge in [-0.25, -0.2) is 0 Å². The first-order chi connectivity index (χ1) is 15.5. The molecule has 2 aromatic rings. The molecule has 6 nitrogen and oxygen atoms in total. The molecule has 2 aliphatic rings. The summed E-state index contributed by atoms with van der Waals surface area (Å²) in [7, 11) is 0. The molecule has 172 valence electrons. The Kier molecular flexibility index (Phi) is 7.53. The van der Waals surface area contributed by atoms with Crippen molar-refractivity contribution in [3.05, 3.63) is 52.8 Å². The second-order valence-electron chi connectivity index (χ2n) is 9.14. The number of likely N-dealkylation sites (tertiary alicyclic amines) is 1. The molecule has 1 saturated heterocycles. The Morgan fingerprint density at radius 2 is 2.00 bits per heavy atom. The van der Waals surface area contributed by atoms with E-state index in [2.05, 4.69) is 23.7 Å². The van der Waals surface area contributed by atoms with Gasteiger partial charge in [-0.2, -0.15) is 0 Å². The molecule has 0 aliphatic carbocycles. The second kappa shape index (κ2) is 10.5. The molecule has 1 atom stereocenters.